The van der Waals surface area contributed by atoms with Gasteiger partial charge in [-0.3, -0.25) is 4.79 Å². The van der Waals surface area contributed by atoms with E-state index in [0.717, 1.165) is 12.1 Å². The second-order valence-electron chi connectivity index (χ2n) is 4.47. The fourth-order valence-corrected chi connectivity index (χ4v) is 2.04. The van der Waals surface area contributed by atoms with Gasteiger partial charge in [0, 0.05) is 6.07 Å². The molecule has 0 aliphatic carbocycles. The fourth-order valence-electron chi connectivity index (χ4n) is 1.83. The highest BCUT2D eigenvalue weighted by molar-refractivity contribution is 6.33. The molecule has 2 aromatic carbocycles. The van der Waals surface area contributed by atoms with Gasteiger partial charge in [-0.15, -0.1) is 10.2 Å². The summed E-state index contributed by atoms with van der Waals surface area (Å²) in [5.41, 5.74) is 0.266. The molecule has 116 valence electrons. The zero-order valence-corrected chi connectivity index (χ0v) is 12.1. The molecule has 0 spiro atoms. The van der Waals surface area contributed by atoms with Crippen molar-refractivity contribution in [1.82, 2.24) is 10.2 Å². The van der Waals surface area contributed by atoms with Crippen LogP contribution in [0.1, 0.15) is 10.7 Å². The molecule has 1 heterocycles. The fraction of sp³-hybridized carbons (Fsp3) is 0. The summed E-state index contributed by atoms with van der Waals surface area (Å²) in [6.07, 6.45) is 0. The molecule has 0 fully saturated rings. The molecule has 3 aromatic rings. The summed E-state index contributed by atoms with van der Waals surface area (Å²) in [4.78, 5) is 12.0. The van der Waals surface area contributed by atoms with E-state index in [0.29, 0.717) is 16.7 Å². The number of hydrogen-bond acceptors (Lipinski definition) is 4. The van der Waals surface area contributed by atoms with Gasteiger partial charge in [-0.25, -0.2) is 8.78 Å². The Morgan fingerprint density at radius 2 is 1.91 bits per heavy atom. The van der Waals surface area contributed by atoms with Crippen molar-refractivity contribution in [3.05, 3.63) is 65.0 Å². The van der Waals surface area contributed by atoms with E-state index in [-0.39, 0.29) is 17.5 Å². The van der Waals surface area contributed by atoms with Crippen LogP contribution in [0.4, 0.5) is 14.5 Å². The van der Waals surface area contributed by atoms with Gasteiger partial charge in [0.1, 0.15) is 11.6 Å². The number of nitrogens with one attached hydrogen (secondary N) is 1. The van der Waals surface area contributed by atoms with E-state index in [4.69, 9.17) is 16.0 Å². The molecule has 0 aliphatic rings. The van der Waals surface area contributed by atoms with Crippen LogP contribution in [0.2, 0.25) is 5.02 Å². The number of carbonyl (C=O) groups is 1. The molecule has 0 saturated carbocycles. The maximum Gasteiger partial charge on any atom is 0.313 e. The molecule has 3 rings (SSSR count). The Kier molecular flexibility index (Phi) is 4.03. The molecule has 0 aliphatic heterocycles. The van der Waals surface area contributed by atoms with Crippen LogP contribution in [0, 0.1) is 11.6 Å². The number of halogens is 3. The lowest BCUT2D eigenvalue weighted by atomic mass is 10.2. The quantitative estimate of drug-likeness (QED) is 0.787. The summed E-state index contributed by atoms with van der Waals surface area (Å²) < 4.78 is 31.6. The summed E-state index contributed by atoms with van der Waals surface area (Å²) in [6.45, 7) is 0. The van der Waals surface area contributed by atoms with Gasteiger partial charge in [0.15, 0.2) is 0 Å². The van der Waals surface area contributed by atoms with Gasteiger partial charge in [-0.2, -0.15) is 0 Å². The van der Waals surface area contributed by atoms with E-state index in [9.17, 15) is 13.6 Å². The van der Waals surface area contributed by atoms with E-state index < -0.39 is 17.5 Å². The van der Waals surface area contributed by atoms with Gasteiger partial charge in [-0.1, -0.05) is 23.7 Å². The molecule has 23 heavy (non-hydrogen) atoms. The number of aromatic nitrogens is 2. The summed E-state index contributed by atoms with van der Waals surface area (Å²) >= 11 is 6.00. The van der Waals surface area contributed by atoms with E-state index in [1.54, 1.807) is 24.3 Å². The van der Waals surface area contributed by atoms with Gasteiger partial charge >= 0.3 is 11.8 Å². The largest absolute Gasteiger partial charge is 0.412 e. The highest BCUT2D eigenvalue weighted by Gasteiger charge is 2.18. The SMILES string of the molecule is O=C(Nc1ccc(F)cc1F)c1nnc(-c2ccccc2Cl)o1. The Morgan fingerprint density at radius 1 is 1.13 bits per heavy atom. The van der Waals surface area contributed by atoms with Crippen LogP contribution in [0.15, 0.2) is 46.9 Å². The summed E-state index contributed by atoms with van der Waals surface area (Å²) in [5.74, 6) is -2.80. The minimum absolute atomic E-state index is 0.0559. The third-order valence-electron chi connectivity index (χ3n) is 2.90. The Morgan fingerprint density at radius 3 is 2.65 bits per heavy atom. The second kappa shape index (κ2) is 6.13. The standard InChI is InChI=1S/C15H8ClF2N3O2/c16-10-4-2-1-3-9(10)14-20-21-15(23-14)13(22)19-12-6-5-8(17)7-11(12)18/h1-7H,(H,19,22). The third kappa shape index (κ3) is 3.19. The van der Waals surface area contributed by atoms with E-state index in [1.807, 2.05) is 0 Å². The van der Waals surface area contributed by atoms with Crippen molar-refractivity contribution in [1.29, 1.82) is 0 Å². The predicted octanol–water partition coefficient (Wildman–Crippen LogP) is 3.92. The average molecular weight is 336 g/mol. The van der Waals surface area contributed by atoms with Crippen LogP contribution in [-0.2, 0) is 0 Å². The molecular weight excluding hydrogens is 328 g/mol. The molecule has 1 amide bonds. The highest BCUT2D eigenvalue weighted by Crippen LogP contribution is 2.26. The molecule has 1 N–H and O–H groups in total. The molecular formula is C15H8ClF2N3O2. The molecule has 0 bridgehead atoms. The van der Waals surface area contributed by atoms with Gasteiger partial charge in [0.2, 0.25) is 5.89 Å². The summed E-state index contributed by atoms with van der Waals surface area (Å²) in [7, 11) is 0. The number of amides is 1. The molecule has 0 saturated heterocycles. The van der Waals surface area contributed by atoms with Crippen molar-refractivity contribution in [3.8, 4) is 11.5 Å². The van der Waals surface area contributed by atoms with Crippen LogP contribution in [0.5, 0.6) is 0 Å². The number of benzene rings is 2. The maximum absolute atomic E-state index is 13.5. The Hall–Kier alpha value is -2.80. The number of nitrogens with zero attached hydrogens (tertiary/aromatic N) is 2. The summed E-state index contributed by atoms with van der Waals surface area (Å²) in [6, 6.07) is 9.49. The van der Waals surface area contributed by atoms with Gasteiger partial charge in [0.05, 0.1) is 16.3 Å². The van der Waals surface area contributed by atoms with Crippen molar-refractivity contribution < 1.29 is 18.0 Å². The Balaban J connectivity index is 1.83. The number of anilines is 1. The Labute approximate surface area is 133 Å². The molecule has 0 atom stereocenters. The first kappa shape index (κ1) is 15.1. The Bertz CT molecular complexity index is 883. The van der Waals surface area contributed by atoms with Gasteiger partial charge in [-0.05, 0) is 24.3 Å². The average Bonchev–Trinajstić information content (AvgIpc) is 3.00. The number of rotatable bonds is 3. The van der Waals surface area contributed by atoms with E-state index in [2.05, 4.69) is 15.5 Å². The van der Waals surface area contributed by atoms with Crippen LogP contribution in [0.3, 0.4) is 0 Å². The summed E-state index contributed by atoms with van der Waals surface area (Å²) in [5, 5.41) is 9.93. The van der Waals surface area contributed by atoms with Crippen LogP contribution in [0.25, 0.3) is 11.5 Å². The minimum atomic E-state index is -0.913. The molecule has 0 unspecified atom stereocenters. The first-order chi connectivity index (χ1) is 11.0. The lowest BCUT2D eigenvalue weighted by Gasteiger charge is -2.03. The normalized spacial score (nSPS) is 10.6. The maximum atomic E-state index is 13.5. The molecule has 8 heteroatoms. The van der Waals surface area contributed by atoms with Crippen molar-refractivity contribution in [3.63, 3.8) is 0 Å². The minimum Gasteiger partial charge on any atom is -0.412 e. The second-order valence-corrected chi connectivity index (χ2v) is 4.88. The molecule has 1 aromatic heterocycles. The lowest BCUT2D eigenvalue weighted by Crippen LogP contribution is -2.13. The zero-order valence-electron chi connectivity index (χ0n) is 11.4. The lowest BCUT2D eigenvalue weighted by molar-refractivity contribution is 0.0990. The van der Waals surface area contributed by atoms with Gasteiger partial charge in [0.25, 0.3) is 0 Å². The van der Waals surface area contributed by atoms with Crippen molar-refractivity contribution in [2.75, 3.05) is 5.32 Å². The topological polar surface area (TPSA) is 68.0 Å². The van der Waals surface area contributed by atoms with Gasteiger partial charge < -0.3 is 9.73 Å². The van der Waals surface area contributed by atoms with E-state index in [1.165, 1.54) is 0 Å². The van der Waals surface area contributed by atoms with Crippen LogP contribution < -0.4 is 5.32 Å². The van der Waals surface area contributed by atoms with Crippen LogP contribution in [-0.4, -0.2) is 16.1 Å². The van der Waals surface area contributed by atoms with Crippen molar-refractivity contribution >= 4 is 23.2 Å². The first-order valence-electron chi connectivity index (χ1n) is 6.39. The number of carbonyl (C=O) groups excluding carboxylic acids is 1. The highest BCUT2D eigenvalue weighted by atomic mass is 35.5. The van der Waals surface area contributed by atoms with Crippen LogP contribution >= 0.6 is 11.6 Å². The number of hydrogen-bond donors (Lipinski definition) is 1. The predicted molar refractivity (Wildman–Crippen MR) is 79.1 cm³/mol. The monoisotopic (exact) mass is 335 g/mol. The molecule has 0 radical (unpaired) electrons. The molecule has 5 nitrogen and oxygen atoms in total. The first-order valence-corrected chi connectivity index (χ1v) is 6.77. The third-order valence-corrected chi connectivity index (χ3v) is 3.23. The van der Waals surface area contributed by atoms with Crippen molar-refractivity contribution in [2.24, 2.45) is 0 Å². The van der Waals surface area contributed by atoms with Crippen molar-refractivity contribution in [2.45, 2.75) is 0 Å². The zero-order chi connectivity index (χ0) is 16.4. The smallest absolute Gasteiger partial charge is 0.313 e. The van der Waals surface area contributed by atoms with E-state index >= 15 is 0 Å².